The van der Waals surface area contributed by atoms with Crippen molar-refractivity contribution >= 4 is 5.91 Å². The molecule has 2 rings (SSSR count). The third kappa shape index (κ3) is 3.04. The lowest BCUT2D eigenvalue weighted by Gasteiger charge is -2.35. The molecule has 0 spiro atoms. The molecule has 104 valence electrons. The summed E-state index contributed by atoms with van der Waals surface area (Å²) in [7, 11) is 0. The first-order valence-electron chi connectivity index (χ1n) is 7.13. The largest absolute Gasteiger partial charge is 0.394 e. The maximum Gasteiger partial charge on any atom is 0.223 e. The highest BCUT2D eigenvalue weighted by atomic mass is 16.5. The second kappa shape index (κ2) is 5.57. The summed E-state index contributed by atoms with van der Waals surface area (Å²) in [5.41, 5.74) is -0.345. The Labute approximate surface area is 109 Å². The molecule has 1 heterocycles. The smallest absolute Gasteiger partial charge is 0.223 e. The molecule has 4 heteroatoms. The molecule has 0 bridgehead atoms. The van der Waals surface area contributed by atoms with E-state index in [2.05, 4.69) is 5.32 Å². The molecule has 2 aliphatic rings. The molecule has 2 fully saturated rings. The summed E-state index contributed by atoms with van der Waals surface area (Å²) in [5, 5.41) is 12.6. The fourth-order valence-corrected chi connectivity index (χ4v) is 3.36. The van der Waals surface area contributed by atoms with Crippen LogP contribution in [0.5, 0.6) is 0 Å². The molecule has 2 atom stereocenters. The van der Waals surface area contributed by atoms with Crippen molar-refractivity contribution in [2.45, 2.75) is 70.1 Å². The predicted octanol–water partition coefficient (Wildman–Crippen LogP) is 1.61. The van der Waals surface area contributed by atoms with Gasteiger partial charge in [-0.05, 0) is 39.5 Å². The van der Waals surface area contributed by atoms with Gasteiger partial charge in [0.25, 0.3) is 0 Å². The van der Waals surface area contributed by atoms with Crippen LogP contribution in [-0.4, -0.2) is 35.4 Å². The maximum absolute atomic E-state index is 12.3. The third-order valence-corrected chi connectivity index (χ3v) is 4.32. The van der Waals surface area contributed by atoms with E-state index in [0.717, 1.165) is 38.5 Å². The van der Waals surface area contributed by atoms with Crippen molar-refractivity contribution in [3.05, 3.63) is 0 Å². The Balaban J connectivity index is 1.94. The van der Waals surface area contributed by atoms with Gasteiger partial charge in [0.15, 0.2) is 0 Å². The third-order valence-electron chi connectivity index (χ3n) is 4.32. The number of hydrogen-bond acceptors (Lipinski definition) is 3. The van der Waals surface area contributed by atoms with Crippen molar-refractivity contribution in [2.24, 2.45) is 5.92 Å². The Morgan fingerprint density at radius 3 is 2.33 bits per heavy atom. The van der Waals surface area contributed by atoms with Gasteiger partial charge in [-0.15, -0.1) is 0 Å². The fraction of sp³-hybridized carbons (Fsp3) is 0.929. The summed E-state index contributed by atoms with van der Waals surface area (Å²) in [5.74, 6) is 0.140. The van der Waals surface area contributed by atoms with Gasteiger partial charge in [0, 0.05) is 5.92 Å². The van der Waals surface area contributed by atoms with Crippen LogP contribution in [0.2, 0.25) is 0 Å². The predicted molar refractivity (Wildman–Crippen MR) is 69.2 cm³/mol. The van der Waals surface area contributed by atoms with Crippen molar-refractivity contribution in [3.63, 3.8) is 0 Å². The number of ether oxygens (including phenoxy) is 1. The summed E-state index contributed by atoms with van der Waals surface area (Å²) in [4.78, 5) is 12.3. The Morgan fingerprint density at radius 2 is 1.83 bits per heavy atom. The van der Waals surface area contributed by atoms with Gasteiger partial charge in [-0.1, -0.05) is 12.8 Å². The van der Waals surface area contributed by atoms with Gasteiger partial charge in [-0.2, -0.15) is 0 Å². The van der Waals surface area contributed by atoms with E-state index >= 15 is 0 Å². The average molecular weight is 255 g/mol. The van der Waals surface area contributed by atoms with Crippen molar-refractivity contribution in [1.29, 1.82) is 0 Å². The molecule has 18 heavy (non-hydrogen) atoms. The molecular formula is C14H25NO3. The molecule has 0 aromatic heterocycles. The van der Waals surface area contributed by atoms with Crippen molar-refractivity contribution in [3.8, 4) is 0 Å². The number of amides is 1. The zero-order valence-corrected chi connectivity index (χ0v) is 11.4. The van der Waals surface area contributed by atoms with Crippen LogP contribution in [0.25, 0.3) is 0 Å². The highest BCUT2D eigenvalue weighted by Gasteiger charge is 2.38. The first-order chi connectivity index (χ1) is 8.54. The quantitative estimate of drug-likeness (QED) is 0.805. The molecule has 2 unspecified atom stereocenters. The van der Waals surface area contributed by atoms with Crippen LogP contribution in [0.1, 0.15) is 52.4 Å². The molecular weight excluding hydrogens is 230 g/mol. The normalized spacial score (nSPS) is 35.4. The van der Waals surface area contributed by atoms with E-state index in [4.69, 9.17) is 4.74 Å². The lowest BCUT2D eigenvalue weighted by molar-refractivity contribution is -0.135. The summed E-state index contributed by atoms with van der Waals surface area (Å²) in [6.07, 6.45) is 5.89. The molecule has 1 amide bonds. The van der Waals surface area contributed by atoms with Crippen LogP contribution in [0.4, 0.5) is 0 Å². The van der Waals surface area contributed by atoms with Crippen LogP contribution in [-0.2, 0) is 9.53 Å². The molecule has 0 aromatic carbocycles. The summed E-state index contributed by atoms with van der Waals surface area (Å²) in [6, 6.07) is 0. The van der Waals surface area contributed by atoms with Crippen molar-refractivity contribution in [2.75, 3.05) is 6.61 Å². The molecule has 0 aromatic rings. The zero-order valence-electron chi connectivity index (χ0n) is 11.4. The second-order valence-corrected chi connectivity index (χ2v) is 6.06. The van der Waals surface area contributed by atoms with E-state index in [0.29, 0.717) is 0 Å². The highest BCUT2D eigenvalue weighted by Crippen LogP contribution is 2.31. The van der Waals surface area contributed by atoms with Gasteiger partial charge in [-0.3, -0.25) is 4.79 Å². The molecule has 4 nitrogen and oxygen atoms in total. The van der Waals surface area contributed by atoms with Gasteiger partial charge in [0.1, 0.15) is 0 Å². The molecule has 2 N–H and O–H groups in total. The monoisotopic (exact) mass is 255 g/mol. The summed E-state index contributed by atoms with van der Waals surface area (Å²) < 4.78 is 5.66. The number of aliphatic hydroxyl groups is 1. The van der Waals surface area contributed by atoms with E-state index in [9.17, 15) is 9.90 Å². The lowest BCUT2D eigenvalue weighted by Crippen LogP contribution is -2.52. The number of hydrogen-bond donors (Lipinski definition) is 2. The molecule has 0 radical (unpaired) electrons. The van der Waals surface area contributed by atoms with E-state index in [1.54, 1.807) is 0 Å². The molecule has 1 saturated heterocycles. The van der Waals surface area contributed by atoms with Gasteiger partial charge in [-0.25, -0.2) is 0 Å². The van der Waals surface area contributed by atoms with Crippen molar-refractivity contribution in [1.82, 2.24) is 5.32 Å². The standard InChI is InChI=1S/C14H25NO3/c1-10-7-12(8-11(2)18-10)13(17)15-14(9-16)5-3-4-6-14/h10-12,16H,3-9H2,1-2H3,(H,15,17). The van der Waals surface area contributed by atoms with E-state index < -0.39 is 0 Å². The van der Waals surface area contributed by atoms with E-state index in [1.807, 2.05) is 13.8 Å². The minimum absolute atomic E-state index is 0.0350. The SMILES string of the molecule is CC1CC(C(=O)NC2(CO)CCCC2)CC(C)O1. The summed E-state index contributed by atoms with van der Waals surface area (Å²) >= 11 is 0. The zero-order chi connectivity index (χ0) is 13.2. The van der Waals surface area contributed by atoms with Crippen LogP contribution in [0, 0.1) is 5.92 Å². The van der Waals surface area contributed by atoms with Crippen molar-refractivity contribution < 1.29 is 14.6 Å². The first kappa shape index (κ1) is 13.8. The van der Waals surface area contributed by atoms with Crippen LogP contribution in [0.15, 0.2) is 0 Å². The summed E-state index contributed by atoms with van der Waals surface area (Å²) in [6.45, 7) is 4.10. The maximum atomic E-state index is 12.3. The van der Waals surface area contributed by atoms with Gasteiger partial charge >= 0.3 is 0 Å². The Bertz CT molecular complexity index is 289. The van der Waals surface area contributed by atoms with Crippen LogP contribution in [0.3, 0.4) is 0 Å². The van der Waals surface area contributed by atoms with E-state index in [1.165, 1.54) is 0 Å². The van der Waals surface area contributed by atoms with Crippen LogP contribution >= 0.6 is 0 Å². The number of rotatable bonds is 3. The lowest BCUT2D eigenvalue weighted by atomic mass is 9.90. The Kier molecular flexibility index (Phi) is 4.28. The molecule has 1 saturated carbocycles. The van der Waals surface area contributed by atoms with Gasteiger partial charge in [0.2, 0.25) is 5.91 Å². The fourth-order valence-electron chi connectivity index (χ4n) is 3.36. The average Bonchev–Trinajstić information content (AvgIpc) is 2.77. The number of aliphatic hydroxyl groups excluding tert-OH is 1. The second-order valence-electron chi connectivity index (χ2n) is 6.06. The van der Waals surface area contributed by atoms with Gasteiger partial charge < -0.3 is 15.2 Å². The van der Waals surface area contributed by atoms with Gasteiger partial charge in [0.05, 0.1) is 24.4 Å². The topological polar surface area (TPSA) is 58.6 Å². The number of carbonyl (C=O) groups is 1. The minimum atomic E-state index is -0.345. The molecule has 1 aliphatic heterocycles. The highest BCUT2D eigenvalue weighted by molar-refractivity contribution is 5.79. The Hall–Kier alpha value is -0.610. The Morgan fingerprint density at radius 1 is 1.28 bits per heavy atom. The number of carbonyl (C=O) groups excluding carboxylic acids is 1. The van der Waals surface area contributed by atoms with Crippen LogP contribution < -0.4 is 5.32 Å². The number of nitrogens with one attached hydrogen (secondary N) is 1. The van der Waals surface area contributed by atoms with E-state index in [-0.39, 0.29) is 36.2 Å². The molecule has 1 aliphatic carbocycles. The first-order valence-corrected chi connectivity index (χ1v) is 7.13. The minimum Gasteiger partial charge on any atom is -0.394 e.